The largest absolute Gasteiger partial charge is 0.354 e. The molecular weight excluding hydrogens is 315 g/mol. The Bertz CT molecular complexity index is 736. The molecule has 0 saturated carbocycles. The molecule has 0 unspecified atom stereocenters. The van der Waals surface area contributed by atoms with Crippen molar-refractivity contribution in [2.75, 3.05) is 38.1 Å². The minimum absolute atomic E-state index is 0.224. The SMILES string of the molecule is CN1CCN(c2nc(-c3ccc(F)cc3)nc3c2CCCCC3)CC1. The summed E-state index contributed by atoms with van der Waals surface area (Å²) in [7, 11) is 2.17. The molecule has 2 aliphatic rings. The van der Waals surface area contributed by atoms with E-state index in [2.05, 4.69) is 16.8 Å². The summed E-state index contributed by atoms with van der Waals surface area (Å²) < 4.78 is 13.3. The third-order valence-electron chi connectivity index (χ3n) is 5.32. The van der Waals surface area contributed by atoms with Crippen LogP contribution in [0.4, 0.5) is 10.2 Å². The molecule has 1 aliphatic heterocycles. The lowest BCUT2D eigenvalue weighted by Gasteiger charge is -2.34. The fourth-order valence-corrected chi connectivity index (χ4v) is 3.76. The highest BCUT2D eigenvalue weighted by molar-refractivity contribution is 5.61. The molecule has 0 bridgehead atoms. The normalized spacial score (nSPS) is 18.7. The summed E-state index contributed by atoms with van der Waals surface area (Å²) >= 11 is 0. The van der Waals surface area contributed by atoms with Crippen molar-refractivity contribution in [3.05, 3.63) is 41.3 Å². The number of piperazine rings is 1. The highest BCUT2D eigenvalue weighted by Crippen LogP contribution is 2.30. The van der Waals surface area contributed by atoms with Crippen molar-refractivity contribution in [3.63, 3.8) is 0 Å². The summed E-state index contributed by atoms with van der Waals surface area (Å²) in [5, 5.41) is 0. The molecule has 0 N–H and O–H groups in total. The molecule has 1 fully saturated rings. The number of halogens is 1. The first-order valence-electron chi connectivity index (χ1n) is 9.30. The monoisotopic (exact) mass is 340 g/mol. The van der Waals surface area contributed by atoms with Crippen LogP contribution in [-0.4, -0.2) is 48.1 Å². The smallest absolute Gasteiger partial charge is 0.161 e. The second-order valence-electron chi connectivity index (χ2n) is 7.15. The number of fused-ring (bicyclic) bond motifs is 1. The van der Waals surface area contributed by atoms with E-state index in [1.54, 1.807) is 12.1 Å². The van der Waals surface area contributed by atoms with Crippen LogP contribution in [0.5, 0.6) is 0 Å². The van der Waals surface area contributed by atoms with Crippen molar-refractivity contribution in [2.45, 2.75) is 32.1 Å². The first kappa shape index (κ1) is 16.5. The van der Waals surface area contributed by atoms with Gasteiger partial charge in [0.25, 0.3) is 0 Å². The molecule has 1 aromatic heterocycles. The molecule has 0 spiro atoms. The standard InChI is InChI=1S/C20H25FN4/c1-24-11-13-25(14-12-24)20-17-5-3-2-4-6-18(17)22-19(23-20)15-7-9-16(21)10-8-15/h7-10H,2-6,11-14H2,1H3. The maximum absolute atomic E-state index is 13.3. The average Bonchev–Trinajstić information content (AvgIpc) is 2.88. The maximum atomic E-state index is 13.3. The molecule has 2 heterocycles. The van der Waals surface area contributed by atoms with E-state index in [0.717, 1.165) is 56.2 Å². The lowest BCUT2D eigenvalue weighted by molar-refractivity contribution is 0.311. The number of aryl methyl sites for hydroxylation is 1. The van der Waals surface area contributed by atoms with Crippen LogP contribution in [0.2, 0.25) is 0 Å². The molecule has 1 saturated heterocycles. The molecule has 4 nitrogen and oxygen atoms in total. The van der Waals surface area contributed by atoms with E-state index < -0.39 is 0 Å². The van der Waals surface area contributed by atoms with Gasteiger partial charge in [-0.2, -0.15) is 0 Å². The average molecular weight is 340 g/mol. The summed E-state index contributed by atoms with van der Waals surface area (Å²) in [4.78, 5) is 14.6. The van der Waals surface area contributed by atoms with Crippen molar-refractivity contribution < 1.29 is 4.39 Å². The molecule has 5 heteroatoms. The van der Waals surface area contributed by atoms with Crippen molar-refractivity contribution >= 4 is 5.82 Å². The summed E-state index contributed by atoms with van der Waals surface area (Å²) in [6, 6.07) is 6.53. The van der Waals surface area contributed by atoms with Crippen LogP contribution in [0.3, 0.4) is 0 Å². The summed E-state index contributed by atoms with van der Waals surface area (Å²) in [6.07, 6.45) is 5.75. The van der Waals surface area contributed by atoms with Gasteiger partial charge in [0.2, 0.25) is 0 Å². The molecule has 1 aliphatic carbocycles. The van der Waals surface area contributed by atoms with E-state index in [9.17, 15) is 4.39 Å². The highest BCUT2D eigenvalue weighted by Gasteiger charge is 2.23. The molecule has 132 valence electrons. The van der Waals surface area contributed by atoms with E-state index in [1.165, 1.54) is 42.7 Å². The highest BCUT2D eigenvalue weighted by atomic mass is 19.1. The van der Waals surface area contributed by atoms with E-state index in [4.69, 9.17) is 9.97 Å². The number of benzene rings is 1. The number of aromatic nitrogens is 2. The van der Waals surface area contributed by atoms with Gasteiger partial charge in [-0.05, 0) is 57.0 Å². The van der Waals surface area contributed by atoms with Crippen LogP contribution < -0.4 is 4.90 Å². The molecule has 2 aromatic rings. The minimum Gasteiger partial charge on any atom is -0.354 e. The number of nitrogens with zero attached hydrogens (tertiary/aromatic N) is 4. The van der Waals surface area contributed by atoms with Gasteiger partial charge >= 0.3 is 0 Å². The Morgan fingerprint density at radius 1 is 0.880 bits per heavy atom. The van der Waals surface area contributed by atoms with Crippen LogP contribution in [0.25, 0.3) is 11.4 Å². The van der Waals surface area contributed by atoms with Crippen LogP contribution in [0, 0.1) is 5.82 Å². The third kappa shape index (κ3) is 3.52. The van der Waals surface area contributed by atoms with Gasteiger partial charge in [0, 0.05) is 43.0 Å². The zero-order valence-electron chi connectivity index (χ0n) is 14.8. The van der Waals surface area contributed by atoms with Crippen molar-refractivity contribution in [1.29, 1.82) is 0 Å². The van der Waals surface area contributed by atoms with Crippen molar-refractivity contribution in [1.82, 2.24) is 14.9 Å². The zero-order valence-corrected chi connectivity index (χ0v) is 14.8. The molecular formula is C20H25FN4. The van der Waals surface area contributed by atoms with E-state index >= 15 is 0 Å². The van der Waals surface area contributed by atoms with E-state index in [0.29, 0.717) is 0 Å². The number of hydrogen-bond donors (Lipinski definition) is 0. The van der Waals surface area contributed by atoms with Crippen molar-refractivity contribution in [3.8, 4) is 11.4 Å². The number of likely N-dealkylation sites (N-methyl/N-ethyl adjacent to an activating group) is 1. The molecule has 0 radical (unpaired) electrons. The molecule has 0 amide bonds. The van der Waals surface area contributed by atoms with Crippen LogP contribution >= 0.6 is 0 Å². The summed E-state index contributed by atoms with van der Waals surface area (Å²) in [6.45, 7) is 4.13. The van der Waals surface area contributed by atoms with Crippen LogP contribution in [0.1, 0.15) is 30.5 Å². The van der Waals surface area contributed by atoms with Gasteiger partial charge in [-0.1, -0.05) is 6.42 Å². The Morgan fingerprint density at radius 2 is 1.60 bits per heavy atom. The van der Waals surface area contributed by atoms with Crippen molar-refractivity contribution in [2.24, 2.45) is 0 Å². The summed E-state index contributed by atoms with van der Waals surface area (Å²) in [5.74, 6) is 1.62. The Morgan fingerprint density at radius 3 is 2.36 bits per heavy atom. The lowest BCUT2D eigenvalue weighted by Crippen LogP contribution is -2.45. The predicted molar refractivity (Wildman–Crippen MR) is 98.4 cm³/mol. The van der Waals surface area contributed by atoms with E-state index in [-0.39, 0.29) is 5.82 Å². The van der Waals surface area contributed by atoms with E-state index in [1.807, 2.05) is 0 Å². The summed E-state index contributed by atoms with van der Waals surface area (Å²) in [5.41, 5.74) is 3.43. The van der Waals surface area contributed by atoms with Gasteiger partial charge in [-0.25, -0.2) is 14.4 Å². The Kier molecular flexibility index (Phi) is 4.66. The first-order chi connectivity index (χ1) is 12.2. The third-order valence-corrected chi connectivity index (χ3v) is 5.32. The molecule has 25 heavy (non-hydrogen) atoms. The predicted octanol–water partition coefficient (Wildman–Crippen LogP) is 3.30. The van der Waals surface area contributed by atoms with Gasteiger partial charge in [0.05, 0.1) is 0 Å². The topological polar surface area (TPSA) is 32.3 Å². The van der Waals surface area contributed by atoms with Gasteiger partial charge in [-0.15, -0.1) is 0 Å². The minimum atomic E-state index is -0.224. The van der Waals surface area contributed by atoms with Gasteiger partial charge < -0.3 is 9.80 Å². The zero-order chi connectivity index (χ0) is 17.2. The second kappa shape index (κ2) is 7.08. The molecule has 0 atom stereocenters. The second-order valence-corrected chi connectivity index (χ2v) is 7.15. The molecule has 4 rings (SSSR count). The Hall–Kier alpha value is -2.01. The maximum Gasteiger partial charge on any atom is 0.161 e. The quantitative estimate of drug-likeness (QED) is 0.785. The van der Waals surface area contributed by atoms with Gasteiger partial charge in [0.1, 0.15) is 11.6 Å². The lowest BCUT2D eigenvalue weighted by atomic mass is 10.1. The Labute approximate surface area is 148 Å². The van der Waals surface area contributed by atoms with Gasteiger partial charge in [-0.3, -0.25) is 0 Å². The Balaban J connectivity index is 1.77. The number of rotatable bonds is 2. The molecule has 1 aromatic carbocycles. The fourth-order valence-electron chi connectivity index (χ4n) is 3.76. The van der Waals surface area contributed by atoms with Gasteiger partial charge in [0.15, 0.2) is 5.82 Å². The first-order valence-corrected chi connectivity index (χ1v) is 9.30. The van der Waals surface area contributed by atoms with Crippen LogP contribution in [-0.2, 0) is 12.8 Å². The number of hydrogen-bond acceptors (Lipinski definition) is 4. The van der Waals surface area contributed by atoms with Crippen LogP contribution in [0.15, 0.2) is 24.3 Å². The fraction of sp³-hybridized carbons (Fsp3) is 0.500. The number of anilines is 1.